The predicted molar refractivity (Wildman–Crippen MR) is 134 cm³/mol. The highest BCUT2D eigenvalue weighted by Crippen LogP contribution is 2.44. The molecule has 9 nitrogen and oxygen atoms in total. The highest BCUT2D eigenvalue weighted by molar-refractivity contribution is 7.99. The molecule has 1 fully saturated rings. The summed E-state index contributed by atoms with van der Waals surface area (Å²) in [6.07, 6.45) is 2.13. The smallest absolute Gasteiger partial charge is 0.332 e. The summed E-state index contributed by atoms with van der Waals surface area (Å²) in [6.45, 7) is 0. The number of thioether (sulfide) groups is 1. The van der Waals surface area contributed by atoms with E-state index in [0.29, 0.717) is 27.0 Å². The number of hydrogen-bond acceptors (Lipinski definition) is 8. The molecule has 11 heteroatoms. The Bertz CT molecular complexity index is 1630. The average molecular weight is 496 g/mol. The van der Waals surface area contributed by atoms with Crippen molar-refractivity contribution >= 4 is 44.9 Å². The number of anilines is 1. The maximum Gasteiger partial charge on any atom is 0.332 e. The summed E-state index contributed by atoms with van der Waals surface area (Å²) in [7, 11) is 2.70. The molecular weight excluding hydrogens is 474 g/mol. The van der Waals surface area contributed by atoms with E-state index in [9.17, 15) is 19.2 Å². The lowest BCUT2D eigenvalue weighted by atomic mass is 10.1. The molecule has 0 amide bonds. The summed E-state index contributed by atoms with van der Waals surface area (Å²) in [4.78, 5) is 56.7. The number of nitrogens with zero attached hydrogens (tertiary/aromatic N) is 4. The zero-order valence-corrected chi connectivity index (χ0v) is 20.1. The molecule has 1 aliphatic rings. The Hall–Kier alpha value is -3.44. The van der Waals surface area contributed by atoms with Gasteiger partial charge in [-0.1, -0.05) is 30.0 Å². The van der Waals surface area contributed by atoms with Gasteiger partial charge in [-0.15, -0.1) is 11.3 Å². The molecule has 3 aromatic heterocycles. The lowest BCUT2D eigenvalue weighted by Gasteiger charge is -2.13. The molecular formula is C23H21N5O4S2. The first-order valence-electron chi connectivity index (χ1n) is 10.6. The predicted octanol–water partition coefficient (Wildman–Crippen LogP) is 2.28. The highest BCUT2D eigenvalue weighted by atomic mass is 32.2. The van der Waals surface area contributed by atoms with E-state index in [1.54, 1.807) is 0 Å². The van der Waals surface area contributed by atoms with E-state index >= 15 is 0 Å². The largest absolute Gasteiger partial charge is 0.384 e. The van der Waals surface area contributed by atoms with E-state index in [1.807, 2.05) is 35.7 Å². The van der Waals surface area contributed by atoms with Crippen LogP contribution in [0.4, 0.5) is 5.82 Å². The van der Waals surface area contributed by atoms with Crippen molar-refractivity contribution in [3.8, 4) is 5.69 Å². The summed E-state index contributed by atoms with van der Waals surface area (Å²) >= 11 is 2.48. The molecule has 0 bridgehead atoms. The standard InChI is InChI=1S/C23H21N5O4S2/c1-26-18(24)17(20(30)27(2)23(26)32)15(29)11-34-22-25-19-16(14(10-33-19)12-8-9-12)21(31)28(22)13-6-4-3-5-7-13/h3-7,10,12H,8-9,11,24H2,1-2H3. The highest BCUT2D eigenvalue weighted by Gasteiger charge is 2.29. The Morgan fingerprint density at radius 1 is 1.12 bits per heavy atom. The monoisotopic (exact) mass is 495 g/mol. The van der Waals surface area contributed by atoms with Crippen LogP contribution in [0.25, 0.3) is 15.9 Å². The van der Waals surface area contributed by atoms with E-state index in [4.69, 9.17) is 10.7 Å². The summed E-state index contributed by atoms with van der Waals surface area (Å²) in [5.74, 6) is -0.507. The number of nitrogens with two attached hydrogens (primary N) is 1. The van der Waals surface area contributed by atoms with Gasteiger partial charge in [0, 0.05) is 14.1 Å². The van der Waals surface area contributed by atoms with Gasteiger partial charge in [0.25, 0.3) is 11.1 Å². The number of ketones is 1. The SMILES string of the molecule is Cn1c(N)c(C(=O)CSc2nc3scc(C4CC4)c3c(=O)n2-c2ccccc2)c(=O)n(C)c1=O. The fourth-order valence-electron chi connectivity index (χ4n) is 3.91. The molecule has 34 heavy (non-hydrogen) atoms. The second-order valence-electron chi connectivity index (χ2n) is 8.19. The normalized spacial score (nSPS) is 13.5. The third-order valence-corrected chi connectivity index (χ3v) is 7.79. The number of Topliss-reactive ketones (excluding diaryl/α,β-unsaturated/α-hetero) is 1. The molecule has 0 unspecified atom stereocenters. The third kappa shape index (κ3) is 3.61. The molecule has 0 saturated heterocycles. The number of carbonyl (C=O) groups is 1. The molecule has 0 radical (unpaired) electrons. The van der Waals surface area contributed by atoms with Crippen molar-refractivity contribution in [2.45, 2.75) is 23.9 Å². The summed E-state index contributed by atoms with van der Waals surface area (Å²) in [5.41, 5.74) is 5.83. The third-order valence-electron chi connectivity index (χ3n) is 5.96. The van der Waals surface area contributed by atoms with Gasteiger partial charge in [-0.3, -0.25) is 28.1 Å². The van der Waals surface area contributed by atoms with E-state index in [1.165, 1.54) is 30.0 Å². The van der Waals surface area contributed by atoms with E-state index in [-0.39, 0.29) is 22.7 Å². The van der Waals surface area contributed by atoms with Crippen LogP contribution in [0.1, 0.15) is 34.7 Å². The van der Waals surface area contributed by atoms with Crippen molar-refractivity contribution in [2.24, 2.45) is 14.1 Å². The van der Waals surface area contributed by atoms with Crippen LogP contribution >= 0.6 is 23.1 Å². The van der Waals surface area contributed by atoms with Crippen LogP contribution in [-0.4, -0.2) is 30.2 Å². The summed E-state index contributed by atoms with van der Waals surface area (Å²) in [6, 6.07) is 9.14. The van der Waals surface area contributed by atoms with Crippen molar-refractivity contribution in [1.29, 1.82) is 0 Å². The number of carbonyl (C=O) groups excluding carboxylic acids is 1. The summed E-state index contributed by atoms with van der Waals surface area (Å²) in [5, 5.41) is 2.98. The molecule has 5 rings (SSSR count). The molecule has 2 N–H and O–H groups in total. The second-order valence-corrected chi connectivity index (χ2v) is 9.99. The van der Waals surface area contributed by atoms with Gasteiger partial charge in [0.15, 0.2) is 10.9 Å². The first-order valence-corrected chi connectivity index (χ1v) is 12.5. The van der Waals surface area contributed by atoms with Crippen molar-refractivity contribution in [3.63, 3.8) is 0 Å². The lowest BCUT2D eigenvalue weighted by molar-refractivity contribution is 0.102. The molecule has 0 atom stereocenters. The van der Waals surface area contributed by atoms with E-state index in [0.717, 1.165) is 39.3 Å². The maximum atomic E-state index is 13.6. The number of rotatable bonds is 6. The number of fused-ring (bicyclic) bond motifs is 1. The van der Waals surface area contributed by atoms with Gasteiger partial charge < -0.3 is 5.73 Å². The zero-order chi connectivity index (χ0) is 24.1. The van der Waals surface area contributed by atoms with Crippen molar-refractivity contribution in [1.82, 2.24) is 18.7 Å². The average Bonchev–Trinajstić information content (AvgIpc) is 3.59. The van der Waals surface area contributed by atoms with Gasteiger partial charge in [-0.25, -0.2) is 9.78 Å². The zero-order valence-electron chi connectivity index (χ0n) is 18.5. The molecule has 1 saturated carbocycles. The van der Waals surface area contributed by atoms with Gasteiger partial charge in [-0.2, -0.15) is 0 Å². The first kappa shape index (κ1) is 22.4. The van der Waals surface area contributed by atoms with Crippen LogP contribution in [-0.2, 0) is 14.1 Å². The van der Waals surface area contributed by atoms with Crippen LogP contribution in [0.15, 0.2) is 55.3 Å². The Balaban J connectivity index is 1.59. The van der Waals surface area contributed by atoms with E-state index < -0.39 is 17.0 Å². The second kappa shape index (κ2) is 8.41. The topological polar surface area (TPSA) is 122 Å². The summed E-state index contributed by atoms with van der Waals surface area (Å²) < 4.78 is 3.43. The quantitative estimate of drug-likeness (QED) is 0.247. The Morgan fingerprint density at radius 3 is 2.50 bits per heavy atom. The number of hydrogen-bond donors (Lipinski definition) is 1. The Morgan fingerprint density at radius 2 is 1.82 bits per heavy atom. The maximum absolute atomic E-state index is 13.6. The molecule has 4 aromatic rings. The molecule has 0 spiro atoms. The molecule has 1 aromatic carbocycles. The Kier molecular flexibility index (Phi) is 5.53. The van der Waals surface area contributed by atoms with Crippen molar-refractivity contribution < 1.29 is 4.79 Å². The van der Waals surface area contributed by atoms with Crippen LogP contribution in [0.5, 0.6) is 0 Å². The molecule has 1 aliphatic carbocycles. The first-order chi connectivity index (χ1) is 16.3. The number of thiophene rings is 1. The van der Waals surface area contributed by atoms with Crippen LogP contribution < -0.4 is 22.5 Å². The molecule has 0 aliphatic heterocycles. The van der Waals surface area contributed by atoms with Crippen LogP contribution in [0.3, 0.4) is 0 Å². The number of nitrogen functional groups attached to an aromatic ring is 1. The lowest BCUT2D eigenvalue weighted by Crippen LogP contribution is -2.41. The van der Waals surface area contributed by atoms with Gasteiger partial charge >= 0.3 is 5.69 Å². The van der Waals surface area contributed by atoms with Crippen LogP contribution in [0, 0.1) is 0 Å². The fourth-order valence-corrected chi connectivity index (χ4v) is 5.86. The van der Waals surface area contributed by atoms with E-state index in [2.05, 4.69) is 0 Å². The number of benzene rings is 1. The molecule has 174 valence electrons. The minimum absolute atomic E-state index is 0.174. The van der Waals surface area contributed by atoms with Gasteiger partial charge in [0.05, 0.1) is 16.8 Å². The van der Waals surface area contributed by atoms with Crippen LogP contribution in [0.2, 0.25) is 0 Å². The van der Waals surface area contributed by atoms with Gasteiger partial charge in [-0.05, 0) is 41.8 Å². The molecule has 3 heterocycles. The van der Waals surface area contributed by atoms with Gasteiger partial charge in [0.1, 0.15) is 16.2 Å². The number of para-hydroxylation sites is 1. The number of aromatic nitrogens is 4. The minimum atomic E-state index is -0.748. The fraction of sp³-hybridized carbons (Fsp3) is 0.261. The Labute approximate surface area is 201 Å². The minimum Gasteiger partial charge on any atom is -0.384 e. The van der Waals surface area contributed by atoms with Gasteiger partial charge in [0.2, 0.25) is 0 Å². The van der Waals surface area contributed by atoms with Crippen molar-refractivity contribution in [2.75, 3.05) is 11.5 Å². The van der Waals surface area contributed by atoms with Crippen molar-refractivity contribution in [3.05, 3.63) is 78.0 Å².